The van der Waals surface area contributed by atoms with Gasteiger partial charge in [0.15, 0.2) is 5.78 Å². The molecule has 0 amide bonds. The maximum absolute atomic E-state index is 11.5. The first-order valence-corrected chi connectivity index (χ1v) is 6.40. The van der Waals surface area contributed by atoms with Gasteiger partial charge in [0.2, 0.25) is 0 Å². The molecule has 17 heavy (non-hydrogen) atoms. The number of hydrogen-bond donors (Lipinski definition) is 1. The fraction of sp³-hybridized carbons (Fsp3) is 0.500. The maximum atomic E-state index is 11.5. The third kappa shape index (κ3) is 3.07. The standard InChI is InChI=1S/C14H20N2O/c1-2-14(17)12-4-6-13(7-5-12)16-10-3-8-15-9-11-16/h4-7,15H,2-3,8-11H2,1H3. The van der Waals surface area contributed by atoms with Gasteiger partial charge in [0.1, 0.15) is 0 Å². The van der Waals surface area contributed by atoms with Gasteiger partial charge in [-0.1, -0.05) is 6.92 Å². The zero-order valence-electron chi connectivity index (χ0n) is 10.4. The summed E-state index contributed by atoms with van der Waals surface area (Å²) in [5.74, 6) is 0.217. The zero-order valence-corrected chi connectivity index (χ0v) is 10.4. The number of nitrogens with one attached hydrogen (secondary N) is 1. The molecule has 2 rings (SSSR count). The molecule has 0 spiro atoms. The van der Waals surface area contributed by atoms with E-state index in [2.05, 4.69) is 22.3 Å². The SMILES string of the molecule is CCC(=O)c1ccc(N2CCCNCC2)cc1. The zero-order chi connectivity index (χ0) is 12.1. The Kier molecular flexibility index (Phi) is 4.15. The number of rotatable bonds is 3. The number of carbonyl (C=O) groups is 1. The van der Waals surface area contributed by atoms with Crippen molar-refractivity contribution in [2.75, 3.05) is 31.1 Å². The molecule has 1 fully saturated rings. The van der Waals surface area contributed by atoms with Crippen LogP contribution in [0.3, 0.4) is 0 Å². The predicted molar refractivity (Wildman–Crippen MR) is 70.8 cm³/mol. The molecule has 1 aromatic rings. The van der Waals surface area contributed by atoms with Crippen LogP contribution < -0.4 is 10.2 Å². The van der Waals surface area contributed by atoms with Crippen molar-refractivity contribution in [3.05, 3.63) is 29.8 Å². The molecule has 1 aliphatic rings. The van der Waals surface area contributed by atoms with E-state index in [4.69, 9.17) is 0 Å². The van der Waals surface area contributed by atoms with Crippen LogP contribution in [0.15, 0.2) is 24.3 Å². The second kappa shape index (κ2) is 5.82. The summed E-state index contributed by atoms with van der Waals surface area (Å²) < 4.78 is 0. The minimum Gasteiger partial charge on any atom is -0.370 e. The predicted octanol–water partition coefficient (Wildman–Crippen LogP) is 2.08. The average molecular weight is 232 g/mol. The Balaban J connectivity index is 2.08. The van der Waals surface area contributed by atoms with Crippen molar-refractivity contribution >= 4 is 11.5 Å². The number of hydrogen-bond acceptors (Lipinski definition) is 3. The Morgan fingerprint density at radius 3 is 2.71 bits per heavy atom. The molecule has 3 nitrogen and oxygen atoms in total. The van der Waals surface area contributed by atoms with E-state index in [-0.39, 0.29) is 5.78 Å². The highest BCUT2D eigenvalue weighted by Gasteiger charge is 2.10. The number of carbonyl (C=O) groups excluding carboxylic acids is 1. The van der Waals surface area contributed by atoms with Gasteiger partial charge in [-0.3, -0.25) is 4.79 Å². The Hall–Kier alpha value is -1.35. The third-order valence-corrected chi connectivity index (χ3v) is 3.22. The minimum atomic E-state index is 0.217. The lowest BCUT2D eigenvalue weighted by Gasteiger charge is -2.22. The van der Waals surface area contributed by atoms with Gasteiger partial charge in [-0.25, -0.2) is 0 Å². The summed E-state index contributed by atoms with van der Waals surface area (Å²) in [6, 6.07) is 8.02. The quantitative estimate of drug-likeness (QED) is 0.810. The van der Waals surface area contributed by atoms with Crippen LogP contribution in [0, 0.1) is 0 Å². The van der Waals surface area contributed by atoms with E-state index in [0.717, 1.165) is 31.7 Å². The van der Waals surface area contributed by atoms with Gasteiger partial charge in [0.25, 0.3) is 0 Å². The van der Waals surface area contributed by atoms with Gasteiger partial charge >= 0.3 is 0 Å². The van der Waals surface area contributed by atoms with E-state index in [1.165, 1.54) is 12.1 Å². The second-order valence-electron chi connectivity index (χ2n) is 4.41. The Bertz CT molecular complexity index is 364. The van der Waals surface area contributed by atoms with Gasteiger partial charge in [-0.2, -0.15) is 0 Å². The van der Waals surface area contributed by atoms with Gasteiger partial charge in [0, 0.05) is 37.3 Å². The van der Waals surface area contributed by atoms with E-state index in [1.54, 1.807) is 0 Å². The normalized spacial score (nSPS) is 16.6. The molecular weight excluding hydrogens is 212 g/mol. The lowest BCUT2D eigenvalue weighted by atomic mass is 10.1. The minimum absolute atomic E-state index is 0.217. The summed E-state index contributed by atoms with van der Waals surface area (Å²) in [7, 11) is 0. The number of nitrogens with zero attached hydrogens (tertiary/aromatic N) is 1. The molecule has 0 atom stereocenters. The molecule has 92 valence electrons. The fourth-order valence-electron chi connectivity index (χ4n) is 2.17. The van der Waals surface area contributed by atoms with Crippen LogP contribution in [0.5, 0.6) is 0 Å². The van der Waals surface area contributed by atoms with Crippen LogP contribution in [-0.4, -0.2) is 32.0 Å². The summed E-state index contributed by atoms with van der Waals surface area (Å²) in [6.45, 7) is 6.17. The monoisotopic (exact) mass is 232 g/mol. The van der Waals surface area contributed by atoms with Crippen molar-refractivity contribution in [2.24, 2.45) is 0 Å². The number of benzene rings is 1. The molecule has 0 aliphatic carbocycles. The van der Waals surface area contributed by atoms with Crippen LogP contribution in [0.1, 0.15) is 30.1 Å². The number of Topliss-reactive ketones (excluding diaryl/α,β-unsaturated/α-hetero) is 1. The summed E-state index contributed by atoms with van der Waals surface area (Å²) >= 11 is 0. The Morgan fingerprint density at radius 2 is 2.00 bits per heavy atom. The smallest absolute Gasteiger partial charge is 0.162 e. The van der Waals surface area contributed by atoms with Gasteiger partial charge < -0.3 is 10.2 Å². The lowest BCUT2D eigenvalue weighted by Crippen LogP contribution is -2.27. The molecule has 3 heteroatoms. The van der Waals surface area contributed by atoms with Crippen molar-refractivity contribution in [3.8, 4) is 0 Å². The van der Waals surface area contributed by atoms with Gasteiger partial charge in [-0.15, -0.1) is 0 Å². The van der Waals surface area contributed by atoms with E-state index >= 15 is 0 Å². The maximum Gasteiger partial charge on any atom is 0.162 e. The molecule has 0 radical (unpaired) electrons. The van der Waals surface area contributed by atoms with Crippen LogP contribution in [0.4, 0.5) is 5.69 Å². The summed E-state index contributed by atoms with van der Waals surface area (Å²) in [6.07, 6.45) is 1.75. The van der Waals surface area contributed by atoms with E-state index in [1.807, 2.05) is 19.1 Å². The lowest BCUT2D eigenvalue weighted by molar-refractivity contribution is 0.0988. The molecule has 1 aromatic carbocycles. The van der Waals surface area contributed by atoms with Crippen molar-refractivity contribution in [1.29, 1.82) is 0 Å². The fourth-order valence-corrected chi connectivity index (χ4v) is 2.17. The second-order valence-corrected chi connectivity index (χ2v) is 4.41. The van der Waals surface area contributed by atoms with Crippen LogP contribution in [0.25, 0.3) is 0 Å². The van der Waals surface area contributed by atoms with Gasteiger partial charge in [0.05, 0.1) is 0 Å². The van der Waals surface area contributed by atoms with Crippen LogP contribution in [0.2, 0.25) is 0 Å². The Labute approximate surface area is 103 Å². The number of ketones is 1. The average Bonchev–Trinajstić information content (AvgIpc) is 2.67. The first kappa shape index (κ1) is 12.1. The largest absolute Gasteiger partial charge is 0.370 e. The molecular formula is C14H20N2O. The molecule has 0 bridgehead atoms. The molecule has 1 N–H and O–H groups in total. The first-order valence-electron chi connectivity index (χ1n) is 6.40. The number of anilines is 1. The van der Waals surface area contributed by atoms with Crippen LogP contribution in [-0.2, 0) is 0 Å². The summed E-state index contributed by atoms with van der Waals surface area (Å²) in [4.78, 5) is 13.9. The highest BCUT2D eigenvalue weighted by molar-refractivity contribution is 5.96. The van der Waals surface area contributed by atoms with Crippen molar-refractivity contribution in [2.45, 2.75) is 19.8 Å². The Morgan fingerprint density at radius 1 is 1.24 bits per heavy atom. The van der Waals surface area contributed by atoms with Crippen LogP contribution >= 0.6 is 0 Å². The van der Waals surface area contributed by atoms with Crippen molar-refractivity contribution in [3.63, 3.8) is 0 Å². The van der Waals surface area contributed by atoms with Gasteiger partial charge in [-0.05, 0) is 37.2 Å². The molecule has 0 saturated carbocycles. The highest BCUT2D eigenvalue weighted by Crippen LogP contribution is 2.16. The highest BCUT2D eigenvalue weighted by atomic mass is 16.1. The summed E-state index contributed by atoms with van der Waals surface area (Å²) in [5, 5.41) is 3.39. The molecule has 1 heterocycles. The van der Waals surface area contributed by atoms with E-state index in [0.29, 0.717) is 6.42 Å². The molecule has 0 aromatic heterocycles. The molecule has 1 aliphatic heterocycles. The first-order chi connectivity index (χ1) is 8.31. The van der Waals surface area contributed by atoms with Crippen molar-refractivity contribution in [1.82, 2.24) is 5.32 Å². The molecule has 1 saturated heterocycles. The third-order valence-electron chi connectivity index (χ3n) is 3.22. The van der Waals surface area contributed by atoms with Crippen molar-refractivity contribution < 1.29 is 4.79 Å². The molecule has 0 unspecified atom stereocenters. The van der Waals surface area contributed by atoms with E-state index in [9.17, 15) is 4.79 Å². The summed E-state index contributed by atoms with van der Waals surface area (Å²) in [5.41, 5.74) is 2.05. The van der Waals surface area contributed by atoms with E-state index < -0.39 is 0 Å². The topological polar surface area (TPSA) is 32.3 Å².